The second-order valence-corrected chi connectivity index (χ2v) is 22.0. The summed E-state index contributed by atoms with van der Waals surface area (Å²) in [6.45, 7) is 21.0. The lowest BCUT2D eigenvalue weighted by Crippen LogP contribution is -2.65. The molecule has 0 aliphatic heterocycles. The molecule has 0 radical (unpaired) electrons. The van der Waals surface area contributed by atoms with Crippen LogP contribution in [0.1, 0.15) is 242 Å². The van der Waals surface area contributed by atoms with E-state index in [-0.39, 0.29) is 22.2 Å². The van der Waals surface area contributed by atoms with Crippen LogP contribution in [0.2, 0.25) is 0 Å². The largest absolute Gasteiger partial charge is 0.481 e. The fraction of sp³-hybridized carbons (Fsp3) is 0.942. The number of fused-ring (bicyclic) bond motifs is 7. The van der Waals surface area contributed by atoms with Gasteiger partial charge >= 0.3 is 5.97 Å². The van der Waals surface area contributed by atoms with Gasteiger partial charge in [-0.2, -0.15) is 0 Å². The monoisotopic (exact) mass is 765 g/mol. The zero-order valence-corrected chi connectivity index (χ0v) is 38.0. The summed E-state index contributed by atoms with van der Waals surface area (Å²) < 4.78 is 6.84. The molecule has 0 spiro atoms. The number of carboxylic acids is 1. The van der Waals surface area contributed by atoms with Crippen LogP contribution in [-0.4, -0.2) is 23.8 Å². The van der Waals surface area contributed by atoms with Gasteiger partial charge in [0.05, 0.1) is 11.5 Å². The number of hydrogen-bond donors (Lipinski definition) is 1. The van der Waals surface area contributed by atoms with Crippen LogP contribution >= 0.6 is 0 Å². The third-order valence-corrected chi connectivity index (χ3v) is 18.7. The molecule has 1 unspecified atom stereocenters. The van der Waals surface area contributed by atoms with Crippen molar-refractivity contribution < 1.29 is 14.6 Å². The normalized spacial score (nSPS) is 38.0. The Kier molecular flexibility index (Phi) is 16.4. The summed E-state index contributed by atoms with van der Waals surface area (Å²) >= 11 is 0. The predicted octanol–water partition coefficient (Wildman–Crippen LogP) is 15.9. The number of aliphatic carboxylic acids is 1. The summed E-state index contributed by atoms with van der Waals surface area (Å²) in [5.41, 5.74) is 1.83. The molecule has 1 N–H and O–H groups in total. The first-order valence-corrected chi connectivity index (χ1v) is 24.8. The van der Waals surface area contributed by atoms with Crippen LogP contribution in [0.4, 0.5) is 0 Å². The van der Waals surface area contributed by atoms with E-state index in [1.807, 2.05) is 0 Å². The van der Waals surface area contributed by atoms with Crippen molar-refractivity contribution >= 4 is 5.97 Å². The summed E-state index contributed by atoms with van der Waals surface area (Å²) in [6.07, 6.45) is 41.5. The van der Waals surface area contributed by atoms with Gasteiger partial charge in [0.1, 0.15) is 0 Å². The Balaban J connectivity index is 0.995. The highest BCUT2D eigenvalue weighted by molar-refractivity contribution is 5.76. The molecule has 55 heavy (non-hydrogen) atoms. The van der Waals surface area contributed by atoms with E-state index in [4.69, 9.17) is 4.74 Å². The van der Waals surface area contributed by atoms with E-state index >= 15 is 0 Å². The van der Waals surface area contributed by atoms with Crippen molar-refractivity contribution in [3.05, 3.63) is 11.6 Å². The highest BCUT2D eigenvalue weighted by Crippen LogP contribution is 2.76. The maximum atomic E-state index is 13.1. The van der Waals surface area contributed by atoms with E-state index in [2.05, 4.69) is 61.5 Å². The number of rotatable bonds is 23. The highest BCUT2D eigenvalue weighted by atomic mass is 16.5. The Labute approximate surface area is 342 Å². The second kappa shape index (κ2) is 19.9. The van der Waals surface area contributed by atoms with Crippen LogP contribution < -0.4 is 0 Å². The van der Waals surface area contributed by atoms with Crippen LogP contribution in [0, 0.1) is 56.7 Å². The SMILES string of the molecule is CCCCCCCCCCCCCCCCCCCCCCO[C@H]1CC[C@@]2(C)C(CC[C@]3(C)[C@@H]2CC=C2[C@@H]4[C@@H](C)[C@H](C)CC[C@]4(C(=O)O)CC[C@]23C)C1(C)C. The van der Waals surface area contributed by atoms with Crippen molar-refractivity contribution in [3.63, 3.8) is 0 Å². The molecule has 3 nitrogen and oxygen atoms in total. The average molecular weight is 765 g/mol. The smallest absolute Gasteiger partial charge is 0.310 e. The Hall–Kier alpha value is -0.830. The molecule has 10 atom stereocenters. The minimum atomic E-state index is -0.551. The van der Waals surface area contributed by atoms with E-state index in [1.54, 1.807) is 5.57 Å². The third-order valence-electron chi connectivity index (χ3n) is 18.7. The Bertz CT molecular complexity index is 1220. The van der Waals surface area contributed by atoms with Crippen LogP contribution in [-0.2, 0) is 9.53 Å². The quantitative estimate of drug-likeness (QED) is 0.0832. The molecule has 0 aromatic carbocycles. The van der Waals surface area contributed by atoms with Gasteiger partial charge in [0.25, 0.3) is 0 Å². The number of unbranched alkanes of at least 4 members (excludes halogenated alkanes) is 19. The van der Waals surface area contributed by atoms with Gasteiger partial charge < -0.3 is 9.84 Å². The molecule has 0 aromatic heterocycles. The van der Waals surface area contributed by atoms with Crippen molar-refractivity contribution in [1.29, 1.82) is 0 Å². The Morgan fingerprint density at radius 3 is 1.71 bits per heavy atom. The lowest BCUT2D eigenvalue weighted by molar-refractivity contribution is -0.213. The fourth-order valence-corrected chi connectivity index (χ4v) is 14.7. The molecule has 0 heterocycles. The summed E-state index contributed by atoms with van der Waals surface area (Å²) in [5, 5.41) is 10.7. The maximum absolute atomic E-state index is 13.1. The van der Waals surface area contributed by atoms with Crippen LogP contribution in [0.15, 0.2) is 11.6 Å². The topological polar surface area (TPSA) is 46.5 Å². The van der Waals surface area contributed by atoms with E-state index < -0.39 is 11.4 Å². The van der Waals surface area contributed by atoms with Gasteiger partial charge in [-0.3, -0.25) is 4.79 Å². The number of carboxylic acid groups (broad SMARTS) is 1. The van der Waals surface area contributed by atoms with Crippen LogP contribution in [0.25, 0.3) is 0 Å². The maximum Gasteiger partial charge on any atom is 0.310 e. The van der Waals surface area contributed by atoms with Gasteiger partial charge in [0.15, 0.2) is 0 Å². The molecular weight excluding hydrogens is 673 g/mol. The van der Waals surface area contributed by atoms with Crippen molar-refractivity contribution in [1.82, 2.24) is 0 Å². The molecule has 0 saturated heterocycles. The van der Waals surface area contributed by atoms with E-state index in [1.165, 1.54) is 154 Å². The lowest BCUT2D eigenvalue weighted by atomic mass is 9.33. The molecule has 3 heteroatoms. The molecule has 0 amide bonds. The number of allylic oxidation sites excluding steroid dienone is 2. The number of carbonyl (C=O) groups is 1. The first-order valence-electron chi connectivity index (χ1n) is 24.8. The molecule has 318 valence electrons. The predicted molar refractivity (Wildman–Crippen MR) is 234 cm³/mol. The summed E-state index contributed by atoms with van der Waals surface area (Å²) in [4.78, 5) is 13.1. The van der Waals surface area contributed by atoms with Gasteiger partial charge in [0.2, 0.25) is 0 Å². The second-order valence-electron chi connectivity index (χ2n) is 22.0. The van der Waals surface area contributed by atoms with Crippen molar-refractivity contribution in [3.8, 4) is 0 Å². The summed E-state index contributed by atoms with van der Waals surface area (Å²) in [6, 6.07) is 0. The van der Waals surface area contributed by atoms with E-state index in [0.717, 1.165) is 38.7 Å². The standard InChI is InChI=1S/C52H92O3/c1-9-10-11-12-13-14-15-16-17-18-19-20-21-22-23-24-25-26-27-28-39-55-45-33-34-49(6)43(48(45,4)5)32-35-51(8)44(49)30-29-42-46-41(3)40(2)31-36-52(46,47(53)54)38-37-50(42,51)7/h29,40-41,43-46H,9-28,30-39H2,1-8H3,(H,53,54)/t40-,41+,43?,44-,45+,46+,49+,50-,51-,52+/m1/s1. The molecule has 5 aliphatic rings. The van der Waals surface area contributed by atoms with Gasteiger partial charge in [-0.25, -0.2) is 0 Å². The molecule has 4 fully saturated rings. The highest BCUT2D eigenvalue weighted by Gasteiger charge is 2.69. The van der Waals surface area contributed by atoms with Gasteiger partial charge in [0, 0.05) is 6.61 Å². The molecule has 0 bridgehead atoms. The first kappa shape index (κ1) is 45.3. The lowest BCUT2D eigenvalue weighted by Gasteiger charge is -2.71. The number of hydrogen-bond acceptors (Lipinski definition) is 2. The van der Waals surface area contributed by atoms with Gasteiger partial charge in [-0.15, -0.1) is 0 Å². The summed E-state index contributed by atoms with van der Waals surface area (Å²) in [5.74, 6) is 2.06. The molecular formula is C52H92O3. The molecule has 5 rings (SSSR count). The van der Waals surface area contributed by atoms with Crippen LogP contribution in [0.5, 0.6) is 0 Å². The van der Waals surface area contributed by atoms with Gasteiger partial charge in [-0.05, 0) is 115 Å². The molecule has 4 saturated carbocycles. The minimum Gasteiger partial charge on any atom is -0.481 e. The zero-order chi connectivity index (χ0) is 39.7. The van der Waals surface area contributed by atoms with E-state index in [9.17, 15) is 9.90 Å². The van der Waals surface area contributed by atoms with Crippen LogP contribution in [0.3, 0.4) is 0 Å². The average Bonchev–Trinajstić information content (AvgIpc) is 3.14. The van der Waals surface area contributed by atoms with Crippen molar-refractivity contribution in [2.75, 3.05) is 6.61 Å². The third kappa shape index (κ3) is 9.48. The zero-order valence-electron chi connectivity index (χ0n) is 38.0. The van der Waals surface area contributed by atoms with E-state index in [0.29, 0.717) is 35.2 Å². The van der Waals surface area contributed by atoms with Crippen molar-refractivity contribution in [2.45, 2.75) is 248 Å². The molecule has 5 aliphatic carbocycles. The Morgan fingerprint density at radius 1 is 0.655 bits per heavy atom. The Morgan fingerprint density at radius 2 is 1.18 bits per heavy atom. The van der Waals surface area contributed by atoms with Crippen molar-refractivity contribution in [2.24, 2.45) is 56.7 Å². The number of ether oxygens (including phenoxy) is 1. The minimum absolute atomic E-state index is 0.0997. The fourth-order valence-electron chi connectivity index (χ4n) is 14.7. The first-order chi connectivity index (χ1) is 26.3. The summed E-state index contributed by atoms with van der Waals surface area (Å²) in [7, 11) is 0. The van der Waals surface area contributed by atoms with Gasteiger partial charge in [-0.1, -0.05) is 189 Å². The molecule has 0 aromatic rings.